The van der Waals surface area contributed by atoms with E-state index >= 15 is 0 Å². The molecule has 3 heteroatoms. The Morgan fingerprint density at radius 1 is 1.40 bits per heavy atom. The van der Waals surface area contributed by atoms with Gasteiger partial charge in [0.25, 0.3) is 0 Å². The number of likely N-dealkylation sites (N-methyl/N-ethyl adjacent to an activating group) is 1. The molecule has 2 aliphatic carbocycles. The molecule has 2 saturated carbocycles. The maximum atomic E-state index is 8.90. The van der Waals surface area contributed by atoms with Crippen LogP contribution < -0.4 is 5.73 Å². The van der Waals surface area contributed by atoms with Crippen molar-refractivity contribution in [2.45, 2.75) is 31.7 Å². The predicted molar refractivity (Wildman–Crippen MR) is 61.5 cm³/mol. The van der Waals surface area contributed by atoms with Crippen LogP contribution in [0.15, 0.2) is 0 Å². The van der Waals surface area contributed by atoms with Crippen LogP contribution in [0.25, 0.3) is 0 Å². The summed E-state index contributed by atoms with van der Waals surface area (Å²) in [6, 6.07) is -0.0754. The summed E-state index contributed by atoms with van der Waals surface area (Å²) in [4.78, 5) is 2.30. The maximum Gasteiger partial charge on any atom is 0.0595 e. The summed E-state index contributed by atoms with van der Waals surface area (Å²) in [5, 5.41) is 8.90. The fraction of sp³-hybridized carbons (Fsp3) is 1.00. The van der Waals surface area contributed by atoms with E-state index in [0.717, 1.165) is 24.3 Å². The molecule has 0 aromatic carbocycles. The molecule has 0 amide bonds. The number of rotatable bonds is 5. The van der Waals surface area contributed by atoms with E-state index in [-0.39, 0.29) is 12.6 Å². The quantitative estimate of drug-likeness (QED) is 0.704. The van der Waals surface area contributed by atoms with E-state index in [1.54, 1.807) is 0 Å². The Bertz CT molecular complexity index is 210. The van der Waals surface area contributed by atoms with Gasteiger partial charge in [-0.05, 0) is 44.1 Å². The van der Waals surface area contributed by atoms with E-state index in [2.05, 4.69) is 11.9 Å². The molecule has 2 rings (SSSR count). The largest absolute Gasteiger partial charge is 0.395 e. The first-order valence-electron chi connectivity index (χ1n) is 6.24. The highest BCUT2D eigenvalue weighted by Crippen LogP contribution is 2.48. The SMILES string of the molecule is CN(CC(N)CO)CC1CC2CCC1C2. The van der Waals surface area contributed by atoms with Crippen molar-refractivity contribution in [2.75, 3.05) is 26.7 Å². The van der Waals surface area contributed by atoms with E-state index in [1.165, 1.54) is 32.2 Å². The fourth-order valence-corrected chi connectivity index (χ4v) is 3.53. The van der Waals surface area contributed by atoms with Gasteiger partial charge in [0.15, 0.2) is 0 Å². The third kappa shape index (κ3) is 2.71. The summed E-state index contributed by atoms with van der Waals surface area (Å²) in [5.41, 5.74) is 5.73. The average Bonchev–Trinajstić information content (AvgIpc) is 2.78. The highest BCUT2D eigenvalue weighted by atomic mass is 16.3. The number of nitrogens with zero attached hydrogens (tertiary/aromatic N) is 1. The summed E-state index contributed by atoms with van der Waals surface area (Å²) < 4.78 is 0. The minimum absolute atomic E-state index is 0.0754. The molecular formula is C12H24N2O. The third-order valence-electron chi connectivity index (χ3n) is 4.21. The first-order chi connectivity index (χ1) is 7.19. The minimum atomic E-state index is -0.0754. The van der Waals surface area contributed by atoms with Crippen molar-refractivity contribution >= 4 is 0 Å². The van der Waals surface area contributed by atoms with E-state index < -0.39 is 0 Å². The van der Waals surface area contributed by atoms with Crippen molar-refractivity contribution in [3.63, 3.8) is 0 Å². The summed E-state index contributed by atoms with van der Waals surface area (Å²) >= 11 is 0. The normalized spacial score (nSPS) is 36.4. The molecule has 0 saturated heterocycles. The Labute approximate surface area is 92.6 Å². The molecule has 3 nitrogen and oxygen atoms in total. The number of aliphatic hydroxyl groups excluding tert-OH is 1. The molecule has 0 spiro atoms. The number of hydrogen-bond donors (Lipinski definition) is 2. The fourth-order valence-electron chi connectivity index (χ4n) is 3.53. The highest BCUT2D eigenvalue weighted by molar-refractivity contribution is 4.91. The molecule has 0 heterocycles. The first kappa shape index (κ1) is 11.4. The van der Waals surface area contributed by atoms with Gasteiger partial charge in [-0.1, -0.05) is 6.42 Å². The maximum absolute atomic E-state index is 8.90. The Morgan fingerprint density at radius 2 is 2.20 bits per heavy atom. The molecule has 0 radical (unpaired) electrons. The van der Waals surface area contributed by atoms with E-state index in [9.17, 15) is 0 Å². The molecule has 0 aliphatic heterocycles. The van der Waals surface area contributed by atoms with Crippen LogP contribution in [0.2, 0.25) is 0 Å². The van der Waals surface area contributed by atoms with Crippen molar-refractivity contribution in [3.8, 4) is 0 Å². The summed E-state index contributed by atoms with van der Waals surface area (Å²) in [7, 11) is 2.13. The molecule has 2 aliphatic rings. The second kappa shape index (κ2) is 4.81. The lowest BCUT2D eigenvalue weighted by molar-refractivity contribution is 0.184. The van der Waals surface area contributed by atoms with Gasteiger partial charge < -0.3 is 15.7 Å². The van der Waals surface area contributed by atoms with Gasteiger partial charge in [-0.25, -0.2) is 0 Å². The molecule has 3 N–H and O–H groups in total. The highest BCUT2D eigenvalue weighted by Gasteiger charge is 2.39. The van der Waals surface area contributed by atoms with E-state index in [4.69, 9.17) is 10.8 Å². The molecule has 0 aromatic heterocycles. The number of hydrogen-bond acceptors (Lipinski definition) is 3. The standard InChI is InChI=1S/C12H24N2O/c1-14(7-12(13)8-15)6-11-5-9-2-3-10(11)4-9/h9-12,15H,2-8,13H2,1H3. The Morgan fingerprint density at radius 3 is 2.73 bits per heavy atom. The third-order valence-corrected chi connectivity index (χ3v) is 4.21. The van der Waals surface area contributed by atoms with Crippen LogP contribution in [-0.2, 0) is 0 Å². The van der Waals surface area contributed by atoms with Gasteiger partial charge in [0.2, 0.25) is 0 Å². The Hall–Kier alpha value is -0.120. The summed E-state index contributed by atoms with van der Waals surface area (Å²) in [6.07, 6.45) is 5.84. The van der Waals surface area contributed by atoms with E-state index in [1.807, 2.05) is 0 Å². The zero-order valence-electron chi connectivity index (χ0n) is 9.73. The van der Waals surface area contributed by atoms with Crippen LogP contribution in [0.4, 0.5) is 0 Å². The van der Waals surface area contributed by atoms with Crippen LogP contribution in [0.1, 0.15) is 25.7 Å². The van der Waals surface area contributed by atoms with Crippen molar-refractivity contribution in [1.82, 2.24) is 4.90 Å². The molecule has 15 heavy (non-hydrogen) atoms. The van der Waals surface area contributed by atoms with Crippen LogP contribution >= 0.6 is 0 Å². The van der Waals surface area contributed by atoms with Crippen LogP contribution in [0, 0.1) is 17.8 Å². The second-order valence-corrected chi connectivity index (χ2v) is 5.60. The van der Waals surface area contributed by atoms with Gasteiger partial charge in [-0.2, -0.15) is 0 Å². The zero-order chi connectivity index (χ0) is 10.8. The lowest BCUT2D eigenvalue weighted by Crippen LogP contribution is -2.40. The van der Waals surface area contributed by atoms with Crippen molar-refractivity contribution in [1.29, 1.82) is 0 Å². The lowest BCUT2D eigenvalue weighted by Gasteiger charge is -2.28. The molecular weight excluding hydrogens is 188 g/mol. The first-order valence-corrected chi connectivity index (χ1v) is 6.24. The topological polar surface area (TPSA) is 49.5 Å². The molecule has 2 bridgehead atoms. The van der Waals surface area contributed by atoms with Gasteiger partial charge in [0, 0.05) is 19.1 Å². The van der Waals surface area contributed by atoms with Gasteiger partial charge in [-0.15, -0.1) is 0 Å². The van der Waals surface area contributed by atoms with Crippen LogP contribution in [0.3, 0.4) is 0 Å². The molecule has 2 fully saturated rings. The zero-order valence-corrected chi connectivity index (χ0v) is 9.73. The van der Waals surface area contributed by atoms with Gasteiger partial charge in [-0.3, -0.25) is 0 Å². The predicted octanol–water partition coefficient (Wildman–Crippen LogP) is 0.674. The van der Waals surface area contributed by atoms with Crippen LogP contribution in [0.5, 0.6) is 0 Å². The summed E-state index contributed by atoms with van der Waals surface area (Å²) in [5.74, 6) is 2.92. The molecule has 4 unspecified atom stereocenters. The number of fused-ring (bicyclic) bond motifs is 2. The van der Waals surface area contributed by atoms with Crippen molar-refractivity contribution in [3.05, 3.63) is 0 Å². The summed E-state index contributed by atoms with van der Waals surface area (Å²) in [6.45, 7) is 2.10. The Kier molecular flexibility index (Phi) is 3.65. The average molecular weight is 212 g/mol. The number of aliphatic hydroxyl groups is 1. The number of nitrogens with two attached hydrogens (primary N) is 1. The molecule has 0 aromatic rings. The van der Waals surface area contributed by atoms with Gasteiger partial charge in [0.1, 0.15) is 0 Å². The van der Waals surface area contributed by atoms with Crippen LogP contribution in [-0.4, -0.2) is 42.8 Å². The molecule has 4 atom stereocenters. The minimum Gasteiger partial charge on any atom is -0.395 e. The smallest absolute Gasteiger partial charge is 0.0595 e. The van der Waals surface area contributed by atoms with Gasteiger partial charge >= 0.3 is 0 Å². The second-order valence-electron chi connectivity index (χ2n) is 5.60. The van der Waals surface area contributed by atoms with E-state index in [0.29, 0.717) is 0 Å². The monoisotopic (exact) mass is 212 g/mol. The van der Waals surface area contributed by atoms with Crippen molar-refractivity contribution < 1.29 is 5.11 Å². The Balaban J connectivity index is 1.72. The van der Waals surface area contributed by atoms with Gasteiger partial charge in [0.05, 0.1) is 6.61 Å². The molecule has 88 valence electrons. The van der Waals surface area contributed by atoms with Crippen molar-refractivity contribution in [2.24, 2.45) is 23.5 Å². The lowest BCUT2D eigenvalue weighted by atomic mass is 9.88.